The average Bonchev–Trinajstić information content (AvgIpc) is 3.20. The second kappa shape index (κ2) is 10.4. The number of carbonyl (C=O) groups is 1. The van der Waals surface area contributed by atoms with Gasteiger partial charge in [-0.3, -0.25) is 4.79 Å². The summed E-state index contributed by atoms with van der Waals surface area (Å²) in [6.45, 7) is 6.77. The number of fused-ring (bicyclic) bond motifs is 2. The molecule has 2 heterocycles. The normalized spacial score (nSPS) is 17.9. The fourth-order valence-electron chi connectivity index (χ4n) is 5.84. The highest BCUT2D eigenvalue weighted by Gasteiger charge is 2.32. The molecule has 2 aliphatic rings. The Kier molecular flexibility index (Phi) is 7.06. The third-order valence-corrected chi connectivity index (χ3v) is 7.81. The molecule has 0 spiro atoms. The van der Waals surface area contributed by atoms with Crippen molar-refractivity contribution >= 4 is 16.7 Å². The lowest BCUT2D eigenvalue weighted by Gasteiger charge is -2.34. The van der Waals surface area contributed by atoms with Crippen molar-refractivity contribution in [1.29, 1.82) is 0 Å². The number of nitrogens with zero attached hydrogens (tertiary/aromatic N) is 2. The van der Waals surface area contributed by atoms with Crippen molar-refractivity contribution < 1.29 is 19.0 Å². The van der Waals surface area contributed by atoms with Gasteiger partial charge >= 0.3 is 0 Å². The van der Waals surface area contributed by atoms with E-state index in [1.165, 1.54) is 34.7 Å². The number of rotatable bonds is 8. The van der Waals surface area contributed by atoms with E-state index in [0.717, 1.165) is 49.5 Å². The van der Waals surface area contributed by atoms with E-state index < -0.39 is 0 Å². The number of carbonyl (C=O) groups excluding carboxylic acids is 1. The highest BCUT2D eigenvalue weighted by atomic mass is 16.5. The summed E-state index contributed by atoms with van der Waals surface area (Å²) in [7, 11) is 4.96. The maximum atomic E-state index is 13.1. The summed E-state index contributed by atoms with van der Waals surface area (Å²) in [4.78, 5) is 17.7. The molecule has 1 unspecified atom stereocenters. The first-order chi connectivity index (χ1) is 17.5. The van der Waals surface area contributed by atoms with Gasteiger partial charge in [0, 0.05) is 31.7 Å². The second-order valence-electron chi connectivity index (χ2n) is 10.1. The summed E-state index contributed by atoms with van der Waals surface area (Å²) in [5.41, 5.74) is 4.32. The van der Waals surface area contributed by atoms with Crippen molar-refractivity contribution in [3.63, 3.8) is 0 Å². The maximum Gasteiger partial charge on any atom is 0.254 e. The molecule has 0 saturated carbocycles. The molecular formula is C30H36N2O4. The molecule has 6 heteroatoms. The number of piperidine rings is 1. The van der Waals surface area contributed by atoms with Crippen LogP contribution in [0.2, 0.25) is 0 Å². The Hall–Kier alpha value is -3.25. The third-order valence-electron chi connectivity index (χ3n) is 7.81. The van der Waals surface area contributed by atoms with Crippen molar-refractivity contribution in [3.05, 3.63) is 64.7 Å². The number of aryl methyl sites for hydroxylation is 1. The minimum absolute atomic E-state index is 0.103. The standard InChI is InChI=1S/C30H36N2O4/c1-20-25-9-7-21(14-23(25)8-10-27(20)34-2)11-13-31-12-5-6-22(17-31)18-32-19-24-15-28(35-3)29(36-4)16-26(24)30(32)33/h7-10,14-16,22H,5-6,11-13,17-19H2,1-4H3. The SMILES string of the molecule is COc1cc2c(cc1OC)C(=O)N(CC1CCCN(CCc3ccc4c(C)c(OC)ccc4c3)C1)C2. The van der Waals surface area contributed by atoms with Gasteiger partial charge in [-0.25, -0.2) is 0 Å². The van der Waals surface area contributed by atoms with Crippen LogP contribution in [0.15, 0.2) is 42.5 Å². The summed E-state index contributed by atoms with van der Waals surface area (Å²) < 4.78 is 16.3. The van der Waals surface area contributed by atoms with Crippen LogP contribution < -0.4 is 14.2 Å². The molecule has 3 aromatic carbocycles. The zero-order valence-electron chi connectivity index (χ0n) is 21.8. The summed E-state index contributed by atoms with van der Waals surface area (Å²) in [5.74, 6) is 2.82. The van der Waals surface area contributed by atoms with Gasteiger partial charge < -0.3 is 24.0 Å². The smallest absolute Gasteiger partial charge is 0.254 e. The molecule has 5 rings (SSSR count). The van der Waals surface area contributed by atoms with Crippen molar-refractivity contribution in [2.75, 3.05) is 47.5 Å². The highest BCUT2D eigenvalue weighted by Crippen LogP contribution is 2.35. The molecule has 1 fully saturated rings. The Bertz CT molecular complexity index is 1270. The van der Waals surface area contributed by atoms with Gasteiger partial charge in [0.15, 0.2) is 11.5 Å². The molecule has 0 aliphatic carbocycles. The quantitative estimate of drug-likeness (QED) is 0.442. The predicted molar refractivity (Wildman–Crippen MR) is 142 cm³/mol. The van der Waals surface area contributed by atoms with E-state index in [0.29, 0.717) is 24.0 Å². The summed E-state index contributed by atoms with van der Waals surface area (Å²) >= 11 is 0. The first-order valence-electron chi connectivity index (χ1n) is 12.8. The molecule has 190 valence electrons. The van der Waals surface area contributed by atoms with E-state index in [2.05, 4.69) is 42.2 Å². The molecule has 0 aromatic heterocycles. The van der Waals surface area contributed by atoms with Crippen LogP contribution >= 0.6 is 0 Å². The van der Waals surface area contributed by atoms with Crippen LogP contribution in [0.1, 0.15) is 39.9 Å². The highest BCUT2D eigenvalue weighted by molar-refractivity contribution is 5.99. The van der Waals surface area contributed by atoms with Crippen LogP contribution in [-0.2, 0) is 13.0 Å². The molecule has 1 saturated heterocycles. The molecule has 1 amide bonds. The molecule has 0 N–H and O–H groups in total. The summed E-state index contributed by atoms with van der Waals surface area (Å²) in [6, 6.07) is 14.8. The van der Waals surface area contributed by atoms with Crippen molar-refractivity contribution in [1.82, 2.24) is 9.80 Å². The number of amides is 1. The number of hydrogen-bond donors (Lipinski definition) is 0. The van der Waals surface area contributed by atoms with Crippen LogP contribution in [0, 0.1) is 12.8 Å². The monoisotopic (exact) mass is 488 g/mol. The summed E-state index contributed by atoms with van der Waals surface area (Å²) in [6.07, 6.45) is 3.37. The Labute approximate surface area is 213 Å². The number of hydrogen-bond acceptors (Lipinski definition) is 5. The maximum absolute atomic E-state index is 13.1. The Morgan fingerprint density at radius 3 is 2.50 bits per heavy atom. The van der Waals surface area contributed by atoms with Gasteiger partial charge in [0.2, 0.25) is 0 Å². The molecule has 2 aliphatic heterocycles. The largest absolute Gasteiger partial charge is 0.496 e. The van der Waals surface area contributed by atoms with Crippen LogP contribution in [0.4, 0.5) is 0 Å². The Morgan fingerprint density at radius 1 is 0.944 bits per heavy atom. The van der Waals surface area contributed by atoms with E-state index in [9.17, 15) is 4.79 Å². The van der Waals surface area contributed by atoms with Gasteiger partial charge in [-0.1, -0.05) is 24.3 Å². The molecule has 36 heavy (non-hydrogen) atoms. The predicted octanol–water partition coefficient (Wildman–Crippen LogP) is 5.08. The van der Waals surface area contributed by atoms with E-state index >= 15 is 0 Å². The topological polar surface area (TPSA) is 51.2 Å². The van der Waals surface area contributed by atoms with E-state index in [4.69, 9.17) is 14.2 Å². The molecule has 3 aromatic rings. The molecule has 0 radical (unpaired) electrons. The van der Waals surface area contributed by atoms with Crippen LogP contribution in [0.25, 0.3) is 10.8 Å². The fourth-order valence-corrected chi connectivity index (χ4v) is 5.84. The summed E-state index contributed by atoms with van der Waals surface area (Å²) in [5, 5.41) is 2.52. The minimum atomic E-state index is 0.103. The fraction of sp³-hybridized carbons (Fsp3) is 0.433. The molecule has 0 bridgehead atoms. The zero-order chi connectivity index (χ0) is 25.2. The molecule has 1 atom stereocenters. The third kappa shape index (κ3) is 4.74. The second-order valence-corrected chi connectivity index (χ2v) is 10.1. The minimum Gasteiger partial charge on any atom is -0.496 e. The first kappa shape index (κ1) is 24.4. The first-order valence-corrected chi connectivity index (χ1v) is 12.8. The van der Waals surface area contributed by atoms with Gasteiger partial charge in [0.05, 0.1) is 21.3 Å². The van der Waals surface area contributed by atoms with E-state index in [1.54, 1.807) is 21.3 Å². The Balaban J connectivity index is 1.19. The number of benzene rings is 3. The lowest BCUT2D eigenvalue weighted by molar-refractivity contribution is 0.0703. The van der Waals surface area contributed by atoms with Crippen molar-refractivity contribution in [3.8, 4) is 17.2 Å². The van der Waals surface area contributed by atoms with E-state index in [1.807, 2.05) is 17.0 Å². The average molecular weight is 489 g/mol. The van der Waals surface area contributed by atoms with Gasteiger partial charge in [0.25, 0.3) is 5.91 Å². The number of methoxy groups -OCH3 is 3. The van der Waals surface area contributed by atoms with Gasteiger partial charge in [0.1, 0.15) is 5.75 Å². The zero-order valence-corrected chi connectivity index (χ0v) is 21.8. The van der Waals surface area contributed by atoms with E-state index in [-0.39, 0.29) is 5.91 Å². The van der Waals surface area contributed by atoms with Crippen LogP contribution in [0.5, 0.6) is 17.2 Å². The van der Waals surface area contributed by atoms with Gasteiger partial charge in [-0.05, 0) is 84.3 Å². The van der Waals surface area contributed by atoms with Crippen molar-refractivity contribution in [2.45, 2.75) is 32.7 Å². The Morgan fingerprint density at radius 2 is 1.72 bits per heavy atom. The number of ether oxygens (including phenoxy) is 3. The lowest BCUT2D eigenvalue weighted by Crippen LogP contribution is -2.41. The van der Waals surface area contributed by atoms with Crippen LogP contribution in [-0.4, -0.2) is 63.2 Å². The van der Waals surface area contributed by atoms with Crippen molar-refractivity contribution in [2.24, 2.45) is 5.92 Å². The van der Waals surface area contributed by atoms with Gasteiger partial charge in [-0.2, -0.15) is 0 Å². The van der Waals surface area contributed by atoms with Gasteiger partial charge in [-0.15, -0.1) is 0 Å². The molecular weight excluding hydrogens is 452 g/mol. The van der Waals surface area contributed by atoms with Crippen LogP contribution in [0.3, 0.4) is 0 Å². The number of likely N-dealkylation sites (tertiary alicyclic amines) is 1. The molecule has 6 nitrogen and oxygen atoms in total. The lowest BCUT2D eigenvalue weighted by atomic mass is 9.96.